The topological polar surface area (TPSA) is 86.0 Å². The second-order valence-electron chi connectivity index (χ2n) is 10.6. The lowest BCUT2D eigenvalue weighted by atomic mass is 9.88. The summed E-state index contributed by atoms with van der Waals surface area (Å²) < 4.78 is 34.7. The smallest absolute Gasteiger partial charge is 0.328 e. The molecule has 0 spiro atoms. The first-order valence-corrected chi connectivity index (χ1v) is 13.7. The number of hydrogen-bond donors (Lipinski definition) is 1. The largest absolute Gasteiger partial charge is 0.478 e. The zero-order valence-corrected chi connectivity index (χ0v) is 23.2. The van der Waals surface area contributed by atoms with Crippen LogP contribution in [0.3, 0.4) is 0 Å². The quantitative estimate of drug-likeness (QED) is 0.264. The Morgan fingerprint density at radius 1 is 1.25 bits per heavy atom. The molecule has 3 aromatic rings. The molecule has 2 aromatic carbocycles. The molecule has 0 saturated carbocycles. The zero-order chi connectivity index (χ0) is 28.3. The van der Waals surface area contributed by atoms with E-state index in [1.807, 2.05) is 25.1 Å². The Morgan fingerprint density at radius 2 is 2.05 bits per heavy atom. The number of aromatic nitrogens is 2. The van der Waals surface area contributed by atoms with E-state index in [1.165, 1.54) is 6.07 Å². The van der Waals surface area contributed by atoms with Gasteiger partial charge in [0.1, 0.15) is 11.6 Å². The zero-order valence-electron chi connectivity index (χ0n) is 23.2. The highest BCUT2D eigenvalue weighted by Crippen LogP contribution is 2.49. The highest BCUT2D eigenvalue weighted by Gasteiger charge is 2.42. The van der Waals surface area contributed by atoms with Crippen LogP contribution < -0.4 is 9.47 Å². The fourth-order valence-electron chi connectivity index (χ4n) is 5.64. The Morgan fingerprint density at radius 3 is 2.77 bits per heavy atom. The van der Waals surface area contributed by atoms with Crippen molar-refractivity contribution in [3.8, 4) is 11.5 Å². The van der Waals surface area contributed by atoms with Crippen molar-refractivity contribution in [2.24, 2.45) is 0 Å². The standard InChI is InChI=1S/C31H36FN3O5/c1-21-8-10-25(26(32)18-21)31(2)39-27-7-4-6-24(30(27)40-31)22-12-15-34(16-13-22)20-28-33-19-23(9-11-29(36)37)35(28)14-5-17-38-3/h4,6-11,18-19,22H,5,12-17,20H2,1-3H3,(H,36,37)/b11-9+. The molecule has 212 valence electrons. The molecule has 1 unspecified atom stereocenters. The van der Waals surface area contributed by atoms with Crippen LogP contribution in [0.25, 0.3) is 6.08 Å². The monoisotopic (exact) mass is 549 g/mol. The first-order chi connectivity index (χ1) is 19.3. The number of likely N-dealkylation sites (tertiary alicyclic amines) is 1. The number of benzene rings is 2. The molecule has 0 radical (unpaired) electrons. The van der Waals surface area contributed by atoms with Crippen molar-refractivity contribution in [3.63, 3.8) is 0 Å². The molecule has 1 aromatic heterocycles. The van der Waals surface area contributed by atoms with Gasteiger partial charge in [-0.25, -0.2) is 14.2 Å². The number of rotatable bonds is 10. The van der Waals surface area contributed by atoms with Crippen LogP contribution in [0.4, 0.5) is 4.39 Å². The van der Waals surface area contributed by atoms with Crippen LogP contribution >= 0.6 is 0 Å². The first kappa shape index (κ1) is 27.9. The predicted molar refractivity (Wildman–Crippen MR) is 149 cm³/mol. The number of aliphatic carboxylic acids is 1. The van der Waals surface area contributed by atoms with E-state index in [2.05, 4.69) is 20.5 Å². The van der Waals surface area contributed by atoms with Crippen LogP contribution in [0.1, 0.15) is 60.3 Å². The van der Waals surface area contributed by atoms with E-state index in [0.717, 1.165) is 61.1 Å². The molecule has 1 fully saturated rings. The summed E-state index contributed by atoms with van der Waals surface area (Å²) in [6.07, 6.45) is 7.14. The van der Waals surface area contributed by atoms with Gasteiger partial charge in [-0.15, -0.1) is 0 Å². The van der Waals surface area contributed by atoms with Gasteiger partial charge in [-0.2, -0.15) is 0 Å². The number of aryl methyl sites for hydroxylation is 1. The minimum atomic E-state index is -1.22. The normalized spacial score (nSPS) is 19.5. The number of halogens is 1. The molecular formula is C31H36FN3O5. The number of nitrogens with zero attached hydrogens (tertiary/aromatic N) is 3. The summed E-state index contributed by atoms with van der Waals surface area (Å²) in [5, 5.41) is 9.06. The number of imidazole rings is 1. The van der Waals surface area contributed by atoms with Gasteiger partial charge in [0, 0.05) is 38.8 Å². The molecule has 5 rings (SSSR count). The van der Waals surface area contributed by atoms with Crippen LogP contribution in [0.15, 0.2) is 48.7 Å². The molecule has 2 aliphatic rings. The lowest BCUT2D eigenvalue weighted by Gasteiger charge is -2.32. The predicted octanol–water partition coefficient (Wildman–Crippen LogP) is 5.49. The van der Waals surface area contributed by atoms with E-state index >= 15 is 0 Å². The molecular weight excluding hydrogens is 513 g/mol. The molecule has 0 aliphatic carbocycles. The summed E-state index contributed by atoms with van der Waals surface area (Å²) in [5.74, 6) is -0.00618. The number of carboxylic acid groups (broad SMARTS) is 1. The molecule has 2 aliphatic heterocycles. The third kappa shape index (κ3) is 5.90. The fourth-order valence-corrected chi connectivity index (χ4v) is 5.64. The van der Waals surface area contributed by atoms with Crippen molar-refractivity contribution < 1.29 is 28.5 Å². The number of carboxylic acids is 1. The van der Waals surface area contributed by atoms with Gasteiger partial charge in [-0.05, 0) is 75.0 Å². The Labute approximate surface area is 234 Å². The average Bonchev–Trinajstić information content (AvgIpc) is 3.47. The number of hydrogen-bond acceptors (Lipinski definition) is 6. The average molecular weight is 550 g/mol. The van der Waals surface area contributed by atoms with Crippen LogP contribution in [0.5, 0.6) is 11.5 Å². The SMILES string of the molecule is COCCCn1c(/C=C/C(=O)O)cnc1CN1CCC(c2cccc3c2OC(C)(c2ccc(C)cc2F)O3)CC1. The molecule has 0 bridgehead atoms. The maximum Gasteiger partial charge on any atom is 0.328 e. The lowest BCUT2D eigenvalue weighted by molar-refractivity contribution is -0.131. The summed E-state index contributed by atoms with van der Waals surface area (Å²) in [6.45, 7) is 7.38. The number of para-hydroxylation sites is 1. The van der Waals surface area contributed by atoms with E-state index < -0.39 is 11.8 Å². The molecule has 9 heteroatoms. The van der Waals surface area contributed by atoms with Crippen molar-refractivity contribution in [1.29, 1.82) is 0 Å². The molecule has 1 N–H and O–H groups in total. The molecule has 40 heavy (non-hydrogen) atoms. The molecule has 3 heterocycles. The van der Waals surface area contributed by atoms with Crippen molar-refractivity contribution in [2.45, 2.75) is 57.9 Å². The summed E-state index contributed by atoms with van der Waals surface area (Å²) in [5.41, 5.74) is 3.09. The Hall–Kier alpha value is -3.69. The second-order valence-corrected chi connectivity index (χ2v) is 10.6. The number of piperidine rings is 1. The number of fused-ring (bicyclic) bond motifs is 1. The molecule has 8 nitrogen and oxygen atoms in total. The fraction of sp³-hybridized carbons (Fsp3) is 0.419. The minimum Gasteiger partial charge on any atom is -0.478 e. The van der Waals surface area contributed by atoms with Crippen LogP contribution in [-0.2, 0) is 28.4 Å². The van der Waals surface area contributed by atoms with Gasteiger partial charge in [-0.3, -0.25) is 4.90 Å². The third-order valence-electron chi connectivity index (χ3n) is 7.71. The van der Waals surface area contributed by atoms with E-state index in [-0.39, 0.29) is 11.7 Å². The number of methoxy groups -OCH3 is 1. The maximum atomic E-state index is 14.8. The van der Waals surface area contributed by atoms with Gasteiger partial charge in [0.05, 0.1) is 24.0 Å². The van der Waals surface area contributed by atoms with Gasteiger partial charge in [0.2, 0.25) is 0 Å². The van der Waals surface area contributed by atoms with Gasteiger partial charge in [0.25, 0.3) is 5.79 Å². The van der Waals surface area contributed by atoms with Crippen molar-refractivity contribution in [2.75, 3.05) is 26.8 Å². The summed E-state index contributed by atoms with van der Waals surface area (Å²) in [6, 6.07) is 11.0. The summed E-state index contributed by atoms with van der Waals surface area (Å²) in [4.78, 5) is 18.0. The maximum absolute atomic E-state index is 14.8. The molecule has 0 amide bonds. The summed E-state index contributed by atoms with van der Waals surface area (Å²) in [7, 11) is 1.67. The molecule has 1 saturated heterocycles. The van der Waals surface area contributed by atoms with E-state index in [9.17, 15) is 9.18 Å². The second kappa shape index (κ2) is 11.8. The van der Waals surface area contributed by atoms with Gasteiger partial charge < -0.3 is 23.9 Å². The van der Waals surface area contributed by atoms with E-state index in [1.54, 1.807) is 32.4 Å². The number of ether oxygens (including phenoxy) is 3. The van der Waals surface area contributed by atoms with Crippen molar-refractivity contribution in [1.82, 2.24) is 14.5 Å². The van der Waals surface area contributed by atoms with Gasteiger partial charge >= 0.3 is 5.97 Å². The van der Waals surface area contributed by atoms with Crippen molar-refractivity contribution >= 4 is 12.0 Å². The Kier molecular flexibility index (Phi) is 8.23. The van der Waals surface area contributed by atoms with Crippen molar-refractivity contribution in [3.05, 3.63) is 82.7 Å². The Balaban J connectivity index is 1.27. The molecule has 1 atom stereocenters. The van der Waals surface area contributed by atoms with E-state index in [4.69, 9.17) is 19.3 Å². The van der Waals surface area contributed by atoms with Gasteiger partial charge in [0.15, 0.2) is 11.5 Å². The summed E-state index contributed by atoms with van der Waals surface area (Å²) >= 11 is 0. The lowest BCUT2D eigenvalue weighted by Crippen LogP contribution is -2.34. The first-order valence-electron chi connectivity index (χ1n) is 13.7. The van der Waals surface area contributed by atoms with Crippen LogP contribution in [0.2, 0.25) is 0 Å². The Bertz CT molecular complexity index is 1400. The highest BCUT2D eigenvalue weighted by molar-refractivity contribution is 5.84. The van der Waals surface area contributed by atoms with Crippen LogP contribution in [-0.4, -0.2) is 52.3 Å². The third-order valence-corrected chi connectivity index (χ3v) is 7.71. The van der Waals surface area contributed by atoms with Gasteiger partial charge in [-0.1, -0.05) is 18.2 Å². The minimum absolute atomic E-state index is 0.288. The van der Waals surface area contributed by atoms with E-state index in [0.29, 0.717) is 36.8 Å². The highest BCUT2D eigenvalue weighted by atomic mass is 19.1. The van der Waals surface area contributed by atoms with Crippen LogP contribution in [0, 0.1) is 12.7 Å². The number of carbonyl (C=O) groups is 1.